The van der Waals surface area contributed by atoms with Crippen LogP contribution in [0.3, 0.4) is 0 Å². The fourth-order valence-corrected chi connectivity index (χ4v) is 1.87. The van der Waals surface area contributed by atoms with Crippen LogP contribution in [0.1, 0.15) is 22.8 Å². The van der Waals surface area contributed by atoms with Gasteiger partial charge in [0.15, 0.2) is 6.61 Å². The molecule has 0 aliphatic rings. The molecule has 0 fully saturated rings. The van der Waals surface area contributed by atoms with Crippen LogP contribution in [-0.2, 0) is 4.79 Å². The van der Waals surface area contributed by atoms with Crippen LogP contribution in [0.5, 0.6) is 5.75 Å². The summed E-state index contributed by atoms with van der Waals surface area (Å²) in [6, 6.07) is 12.0. The summed E-state index contributed by atoms with van der Waals surface area (Å²) in [6.45, 7) is 0.977. The largest absolute Gasteiger partial charge is 0.485 e. The second kappa shape index (κ2) is 7.18. The van der Waals surface area contributed by atoms with E-state index in [4.69, 9.17) is 10.00 Å². The number of amides is 1. The third-order valence-corrected chi connectivity index (χ3v) is 2.94. The summed E-state index contributed by atoms with van der Waals surface area (Å²) in [5.41, 5.74) is 0.635. The lowest BCUT2D eigenvalue weighted by atomic mass is 10.1. The van der Waals surface area contributed by atoms with Crippen LogP contribution in [0.15, 0.2) is 42.5 Å². The Bertz CT molecular complexity index is 779. The average Bonchev–Trinajstić information content (AvgIpc) is 2.52. The Hall–Kier alpha value is -3.20. The number of halogens is 1. The molecule has 0 atom stereocenters. The van der Waals surface area contributed by atoms with E-state index >= 15 is 0 Å². The van der Waals surface area contributed by atoms with E-state index in [9.17, 15) is 14.0 Å². The van der Waals surface area contributed by atoms with Crippen molar-refractivity contribution < 1.29 is 18.7 Å². The second-order valence-corrected chi connectivity index (χ2v) is 4.72. The fourth-order valence-electron chi connectivity index (χ4n) is 1.87. The standard InChI is InChI=1S/C17H13FN2O3/c1-11(21)20-13-4-7-15(16(18)8-13)17(22)10-23-14-5-2-12(9-19)3-6-14/h2-8H,10H2,1H3,(H,20,21). The van der Waals surface area contributed by atoms with Crippen molar-refractivity contribution in [1.29, 1.82) is 5.26 Å². The van der Waals surface area contributed by atoms with Crippen molar-refractivity contribution in [1.82, 2.24) is 0 Å². The Labute approximate surface area is 132 Å². The molecule has 0 saturated carbocycles. The van der Waals surface area contributed by atoms with Crippen molar-refractivity contribution in [3.05, 3.63) is 59.4 Å². The van der Waals surface area contributed by atoms with Crippen LogP contribution in [0.25, 0.3) is 0 Å². The first-order chi connectivity index (χ1) is 11.0. The minimum Gasteiger partial charge on any atom is -0.485 e. The molecule has 0 radical (unpaired) electrons. The van der Waals surface area contributed by atoms with Crippen molar-refractivity contribution in [2.45, 2.75) is 6.92 Å². The maximum atomic E-state index is 13.9. The van der Waals surface area contributed by atoms with Gasteiger partial charge in [-0.15, -0.1) is 0 Å². The molecule has 116 valence electrons. The maximum absolute atomic E-state index is 13.9. The zero-order valence-corrected chi connectivity index (χ0v) is 12.3. The van der Waals surface area contributed by atoms with E-state index in [0.29, 0.717) is 11.3 Å². The highest BCUT2D eigenvalue weighted by Crippen LogP contribution is 2.16. The van der Waals surface area contributed by atoms with Crippen molar-refractivity contribution in [2.75, 3.05) is 11.9 Å². The molecule has 0 bridgehead atoms. The van der Waals surface area contributed by atoms with E-state index in [-0.39, 0.29) is 23.8 Å². The van der Waals surface area contributed by atoms with Gasteiger partial charge in [-0.25, -0.2) is 4.39 Å². The van der Waals surface area contributed by atoms with Gasteiger partial charge < -0.3 is 10.1 Å². The van der Waals surface area contributed by atoms with Crippen LogP contribution < -0.4 is 10.1 Å². The minimum atomic E-state index is -0.732. The highest BCUT2D eigenvalue weighted by molar-refractivity contribution is 5.98. The van der Waals surface area contributed by atoms with E-state index in [1.807, 2.05) is 6.07 Å². The number of ether oxygens (including phenoxy) is 1. The lowest BCUT2D eigenvalue weighted by Gasteiger charge is -2.08. The van der Waals surface area contributed by atoms with Gasteiger partial charge in [0.2, 0.25) is 11.7 Å². The van der Waals surface area contributed by atoms with E-state index in [0.717, 1.165) is 6.07 Å². The molecule has 23 heavy (non-hydrogen) atoms. The van der Waals surface area contributed by atoms with Gasteiger partial charge in [0.1, 0.15) is 11.6 Å². The van der Waals surface area contributed by atoms with Gasteiger partial charge in [-0.2, -0.15) is 5.26 Å². The predicted molar refractivity (Wildman–Crippen MR) is 81.7 cm³/mol. The SMILES string of the molecule is CC(=O)Nc1ccc(C(=O)COc2ccc(C#N)cc2)c(F)c1. The van der Waals surface area contributed by atoms with Crippen LogP contribution in [-0.4, -0.2) is 18.3 Å². The normalized spacial score (nSPS) is 9.78. The molecule has 0 spiro atoms. The number of nitrogens with zero attached hydrogens (tertiary/aromatic N) is 1. The number of ketones is 1. The van der Waals surface area contributed by atoms with Crippen LogP contribution in [0.4, 0.5) is 10.1 Å². The summed E-state index contributed by atoms with van der Waals surface area (Å²) in [7, 11) is 0. The molecule has 2 aromatic carbocycles. The number of benzene rings is 2. The third-order valence-electron chi connectivity index (χ3n) is 2.94. The molecule has 2 rings (SSSR count). The highest BCUT2D eigenvalue weighted by Gasteiger charge is 2.13. The minimum absolute atomic E-state index is 0.118. The number of hydrogen-bond acceptors (Lipinski definition) is 4. The second-order valence-electron chi connectivity index (χ2n) is 4.72. The molecular formula is C17H13FN2O3. The van der Waals surface area contributed by atoms with Crippen molar-refractivity contribution in [3.63, 3.8) is 0 Å². The Morgan fingerprint density at radius 2 is 1.91 bits per heavy atom. The Morgan fingerprint density at radius 1 is 1.22 bits per heavy atom. The van der Waals surface area contributed by atoms with Gasteiger partial charge in [-0.1, -0.05) is 0 Å². The molecule has 0 aromatic heterocycles. The van der Waals surface area contributed by atoms with Crippen LogP contribution >= 0.6 is 0 Å². The molecule has 0 aliphatic heterocycles. The van der Waals surface area contributed by atoms with Gasteiger partial charge in [0, 0.05) is 12.6 Å². The summed E-state index contributed by atoms with van der Waals surface area (Å²) in [4.78, 5) is 22.9. The molecule has 1 amide bonds. The summed E-state index contributed by atoms with van der Waals surface area (Å²) in [6.07, 6.45) is 0. The molecule has 0 unspecified atom stereocenters. The first kappa shape index (κ1) is 16.2. The molecule has 6 heteroatoms. The topological polar surface area (TPSA) is 79.2 Å². The molecular weight excluding hydrogens is 299 g/mol. The number of rotatable bonds is 5. The van der Waals surface area contributed by atoms with Gasteiger partial charge >= 0.3 is 0 Å². The molecule has 0 saturated heterocycles. The molecule has 0 aliphatic carbocycles. The number of Topliss-reactive ketones (excluding diaryl/α,β-unsaturated/α-hetero) is 1. The Kier molecular flexibility index (Phi) is 5.05. The quantitative estimate of drug-likeness (QED) is 0.861. The lowest BCUT2D eigenvalue weighted by molar-refractivity contribution is -0.114. The number of carbonyl (C=O) groups is 2. The van der Waals surface area contributed by atoms with Crippen LogP contribution in [0, 0.1) is 17.1 Å². The molecule has 0 heterocycles. The van der Waals surface area contributed by atoms with Crippen molar-refractivity contribution in [3.8, 4) is 11.8 Å². The van der Waals surface area contributed by atoms with Gasteiger partial charge in [0.25, 0.3) is 0 Å². The number of nitriles is 1. The Morgan fingerprint density at radius 3 is 2.48 bits per heavy atom. The lowest BCUT2D eigenvalue weighted by Crippen LogP contribution is -2.14. The fraction of sp³-hybridized carbons (Fsp3) is 0.118. The monoisotopic (exact) mass is 312 g/mol. The zero-order chi connectivity index (χ0) is 16.8. The van der Waals surface area contributed by atoms with Gasteiger partial charge in [0.05, 0.1) is 17.2 Å². The summed E-state index contributed by atoms with van der Waals surface area (Å²) >= 11 is 0. The molecule has 1 N–H and O–H groups in total. The maximum Gasteiger partial charge on any atom is 0.221 e. The summed E-state index contributed by atoms with van der Waals surface area (Å²) in [5.74, 6) is -1.17. The van der Waals surface area contributed by atoms with Gasteiger partial charge in [-0.05, 0) is 42.5 Å². The number of carbonyl (C=O) groups excluding carboxylic acids is 2. The first-order valence-corrected chi connectivity index (χ1v) is 6.73. The van der Waals surface area contributed by atoms with Crippen LogP contribution in [0.2, 0.25) is 0 Å². The van der Waals surface area contributed by atoms with Gasteiger partial charge in [-0.3, -0.25) is 9.59 Å². The van der Waals surface area contributed by atoms with E-state index in [1.165, 1.54) is 19.1 Å². The summed E-state index contributed by atoms with van der Waals surface area (Å²) < 4.78 is 19.2. The molecule has 2 aromatic rings. The predicted octanol–water partition coefficient (Wildman–Crippen LogP) is 2.92. The zero-order valence-electron chi connectivity index (χ0n) is 12.3. The van der Waals surface area contributed by atoms with Crippen molar-refractivity contribution in [2.24, 2.45) is 0 Å². The summed E-state index contributed by atoms with van der Waals surface area (Å²) in [5, 5.41) is 11.1. The van der Waals surface area contributed by atoms with E-state index < -0.39 is 11.6 Å². The molecule has 5 nitrogen and oxygen atoms in total. The average molecular weight is 312 g/mol. The Balaban J connectivity index is 2.02. The smallest absolute Gasteiger partial charge is 0.221 e. The third kappa shape index (κ3) is 4.38. The van der Waals surface area contributed by atoms with Crippen molar-refractivity contribution >= 4 is 17.4 Å². The van der Waals surface area contributed by atoms with E-state index in [2.05, 4.69) is 5.32 Å². The first-order valence-electron chi connectivity index (χ1n) is 6.73. The van der Waals surface area contributed by atoms with E-state index in [1.54, 1.807) is 24.3 Å². The highest BCUT2D eigenvalue weighted by atomic mass is 19.1. The number of anilines is 1. The number of hydrogen-bond donors (Lipinski definition) is 1. The number of nitrogens with one attached hydrogen (secondary N) is 1.